The molecule has 1 aliphatic heterocycles. The fourth-order valence-corrected chi connectivity index (χ4v) is 3.66. The van der Waals surface area contributed by atoms with Crippen LogP contribution in [-0.2, 0) is 4.74 Å². The normalized spacial score (nSPS) is 14.3. The molecule has 0 saturated carbocycles. The number of aromatic nitrogens is 1. The van der Waals surface area contributed by atoms with E-state index in [1.807, 2.05) is 23.6 Å². The number of benzene rings is 1. The standard InChI is InChI=1S/C18H21N3O4S/c1-23-7-6-21-9-14(22)16(17(21)19)18-20-13(10-26-18)12-8-11(24-2)4-5-15(12)25-3/h4-5,8,10,19,22H,6-7,9H2,1-3H3. The van der Waals surface area contributed by atoms with E-state index < -0.39 is 0 Å². The third-order valence-electron chi connectivity index (χ3n) is 4.15. The van der Waals surface area contributed by atoms with Gasteiger partial charge in [0.25, 0.3) is 0 Å². The molecule has 3 rings (SSSR count). The van der Waals surface area contributed by atoms with Crippen LogP contribution in [0.4, 0.5) is 0 Å². The Balaban J connectivity index is 1.91. The molecule has 1 aromatic heterocycles. The molecule has 138 valence electrons. The van der Waals surface area contributed by atoms with Gasteiger partial charge in [0.2, 0.25) is 0 Å². The highest BCUT2D eigenvalue weighted by molar-refractivity contribution is 7.11. The first-order valence-corrected chi connectivity index (χ1v) is 8.90. The summed E-state index contributed by atoms with van der Waals surface area (Å²) in [6.07, 6.45) is 0. The third-order valence-corrected chi connectivity index (χ3v) is 5.01. The lowest BCUT2D eigenvalue weighted by molar-refractivity contribution is 0.177. The molecule has 8 heteroatoms. The van der Waals surface area contributed by atoms with Crippen molar-refractivity contribution < 1.29 is 19.3 Å². The van der Waals surface area contributed by atoms with Crippen molar-refractivity contribution >= 4 is 22.7 Å². The Morgan fingerprint density at radius 1 is 1.27 bits per heavy atom. The number of hydrogen-bond acceptors (Lipinski definition) is 7. The van der Waals surface area contributed by atoms with Gasteiger partial charge in [-0.25, -0.2) is 4.98 Å². The van der Waals surface area contributed by atoms with Crippen LogP contribution in [-0.4, -0.2) is 61.9 Å². The number of thiazole rings is 1. The van der Waals surface area contributed by atoms with E-state index in [-0.39, 0.29) is 11.6 Å². The summed E-state index contributed by atoms with van der Waals surface area (Å²) in [6.45, 7) is 1.34. The monoisotopic (exact) mass is 375 g/mol. The first-order valence-electron chi connectivity index (χ1n) is 8.02. The summed E-state index contributed by atoms with van der Waals surface area (Å²) in [5, 5.41) is 21.2. The van der Waals surface area contributed by atoms with Crippen LogP contribution in [0.15, 0.2) is 29.3 Å². The van der Waals surface area contributed by atoms with Gasteiger partial charge < -0.3 is 24.2 Å². The summed E-state index contributed by atoms with van der Waals surface area (Å²) < 4.78 is 15.8. The van der Waals surface area contributed by atoms with Crippen LogP contribution in [0.3, 0.4) is 0 Å². The van der Waals surface area contributed by atoms with Gasteiger partial charge in [-0.05, 0) is 18.2 Å². The summed E-state index contributed by atoms with van der Waals surface area (Å²) in [6, 6.07) is 5.51. The minimum Gasteiger partial charge on any atom is -0.510 e. The largest absolute Gasteiger partial charge is 0.510 e. The molecule has 0 saturated heterocycles. The second-order valence-electron chi connectivity index (χ2n) is 5.69. The SMILES string of the molecule is COCCN1CC(O)=C(c2nc(-c3cc(OC)ccc3OC)cs2)C1=N. The van der Waals surface area contributed by atoms with Crippen molar-refractivity contribution in [1.82, 2.24) is 9.88 Å². The molecule has 0 spiro atoms. The molecular formula is C18H21N3O4S. The van der Waals surface area contributed by atoms with Crippen LogP contribution in [0, 0.1) is 5.41 Å². The molecule has 26 heavy (non-hydrogen) atoms. The fraction of sp³-hybridized carbons (Fsp3) is 0.333. The summed E-state index contributed by atoms with van der Waals surface area (Å²) in [4.78, 5) is 6.39. The summed E-state index contributed by atoms with van der Waals surface area (Å²) >= 11 is 1.38. The van der Waals surface area contributed by atoms with Crippen molar-refractivity contribution in [3.63, 3.8) is 0 Å². The van der Waals surface area contributed by atoms with Gasteiger partial charge in [0.1, 0.15) is 28.1 Å². The van der Waals surface area contributed by atoms with Crippen molar-refractivity contribution in [2.75, 3.05) is 41.0 Å². The molecule has 1 aliphatic rings. The topological polar surface area (TPSA) is 87.9 Å². The molecule has 0 fully saturated rings. The summed E-state index contributed by atoms with van der Waals surface area (Å²) in [5.74, 6) is 1.81. The molecule has 7 nitrogen and oxygen atoms in total. The molecule has 0 bridgehead atoms. The maximum Gasteiger partial charge on any atom is 0.135 e. The smallest absolute Gasteiger partial charge is 0.135 e. The molecule has 0 atom stereocenters. The van der Waals surface area contributed by atoms with Gasteiger partial charge >= 0.3 is 0 Å². The summed E-state index contributed by atoms with van der Waals surface area (Å²) in [5.41, 5.74) is 1.98. The Kier molecular flexibility index (Phi) is 5.43. The average Bonchev–Trinajstić information content (AvgIpc) is 3.23. The van der Waals surface area contributed by atoms with E-state index in [1.54, 1.807) is 26.2 Å². The van der Waals surface area contributed by atoms with Crippen LogP contribution in [0.2, 0.25) is 0 Å². The van der Waals surface area contributed by atoms with E-state index in [2.05, 4.69) is 4.98 Å². The molecule has 2 heterocycles. The maximum absolute atomic E-state index is 10.3. The van der Waals surface area contributed by atoms with E-state index >= 15 is 0 Å². The van der Waals surface area contributed by atoms with Gasteiger partial charge in [-0.3, -0.25) is 5.41 Å². The molecule has 0 amide bonds. The number of nitrogens with one attached hydrogen (secondary N) is 1. The number of rotatable bonds is 7. The molecule has 2 N–H and O–H groups in total. The lowest BCUT2D eigenvalue weighted by atomic mass is 10.1. The minimum atomic E-state index is 0.157. The fourth-order valence-electron chi connectivity index (χ4n) is 2.78. The zero-order valence-electron chi connectivity index (χ0n) is 14.9. The molecule has 1 aromatic carbocycles. The number of aliphatic hydroxyl groups excluding tert-OH is 1. The predicted molar refractivity (Wildman–Crippen MR) is 101 cm³/mol. The Morgan fingerprint density at radius 2 is 2.08 bits per heavy atom. The lowest BCUT2D eigenvalue weighted by Gasteiger charge is -2.17. The maximum atomic E-state index is 10.3. The first-order chi connectivity index (χ1) is 12.6. The van der Waals surface area contributed by atoms with Gasteiger partial charge in [-0.1, -0.05) is 0 Å². The quantitative estimate of drug-likeness (QED) is 0.773. The van der Waals surface area contributed by atoms with Crippen molar-refractivity contribution in [3.8, 4) is 22.8 Å². The molecule has 0 radical (unpaired) electrons. The van der Waals surface area contributed by atoms with E-state index in [1.165, 1.54) is 11.3 Å². The predicted octanol–water partition coefficient (Wildman–Crippen LogP) is 3.04. The van der Waals surface area contributed by atoms with Crippen molar-refractivity contribution in [2.24, 2.45) is 0 Å². The highest BCUT2D eigenvalue weighted by atomic mass is 32.1. The van der Waals surface area contributed by atoms with Gasteiger partial charge in [-0.15, -0.1) is 11.3 Å². The van der Waals surface area contributed by atoms with Crippen LogP contribution in [0.1, 0.15) is 5.01 Å². The van der Waals surface area contributed by atoms with Gasteiger partial charge in [0.05, 0.1) is 38.6 Å². The van der Waals surface area contributed by atoms with E-state index in [0.29, 0.717) is 47.5 Å². The van der Waals surface area contributed by atoms with Crippen molar-refractivity contribution in [3.05, 3.63) is 34.3 Å². The lowest BCUT2D eigenvalue weighted by Crippen LogP contribution is -2.29. The number of ether oxygens (including phenoxy) is 3. The molecule has 0 unspecified atom stereocenters. The van der Waals surface area contributed by atoms with Crippen molar-refractivity contribution in [1.29, 1.82) is 5.41 Å². The third kappa shape index (κ3) is 3.38. The van der Waals surface area contributed by atoms with Gasteiger partial charge in [-0.2, -0.15) is 0 Å². The zero-order chi connectivity index (χ0) is 18.7. The van der Waals surface area contributed by atoms with Crippen LogP contribution in [0.25, 0.3) is 16.8 Å². The summed E-state index contributed by atoms with van der Waals surface area (Å²) in [7, 11) is 4.82. The number of hydrogen-bond donors (Lipinski definition) is 2. The van der Waals surface area contributed by atoms with E-state index in [9.17, 15) is 5.11 Å². The number of nitrogens with zero attached hydrogens (tertiary/aromatic N) is 2. The van der Waals surface area contributed by atoms with E-state index in [0.717, 1.165) is 5.56 Å². The Bertz CT molecular complexity index is 847. The Hall–Kier alpha value is -2.58. The van der Waals surface area contributed by atoms with Crippen LogP contribution in [0.5, 0.6) is 11.5 Å². The molecule has 0 aliphatic carbocycles. The number of methoxy groups -OCH3 is 3. The average molecular weight is 375 g/mol. The van der Waals surface area contributed by atoms with Crippen LogP contribution < -0.4 is 9.47 Å². The van der Waals surface area contributed by atoms with E-state index in [4.69, 9.17) is 19.6 Å². The van der Waals surface area contributed by atoms with Gasteiger partial charge in [0, 0.05) is 24.6 Å². The molecular weight excluding hydrogens is 354 g/mol. The molecule has 2 aromatic rings. The Labute approximate surface area is 156 Å². The van der Waals surface area contributed by atoms with Crippen LogP contribution >= 0.6 is 11.3 Å². The minimum absolute atomic E-state index is 0.157. The Morgan fingerprint density at radius 3 is 2.77 bits per heavy atom. The highest BCUT2D eigenvalue weighted by Crippen LogP contribution is 2.37. The zero-order valence-corrected chi connectivity index (χ0v) is 15.7. The van der Waals surface area contributed by atoms with Crippen molar-refractivity contribution in [2.45, 2.75) is 0 Å². The first kappa shape index (κ1) is 18.2. The highest BCUT2D eigenvalue weighted by Gasteiger charge is 2.30. The number of amidine groups is 1. The second kappa shape index (κ2) is 7.76. The van der Waals surface area contributed by atoms with Gasteiger partial charge in [0.15, 0.2) is 0 Å². The second-order valence-corrected chi connectivity index (χ2v) is 6.55. The number of aliphatic hydroxyl groups is 1.